The van der Waals surface area contributed by atoms with Gasteiger partial charge in [-0.15, -0.1) is 0 Å². The highest BCUT2D eigenvalue weighted by Crippen LogP contribution is 2.36. The van der Waals surface area contributed by atoms with Crippen molar-refractivity contribution in [3.63, 3.8) is 0 Å². The van der Waals surface area contributed by atoms with E-state index >= 15 is 0 Å². The highest BCUT2D eigenvalue weighted by atomic mass is 35.5. The Bertz CT molecular complexity index is 1560. The summed E-state index contributed by atoms with van der Waals surface area (Å²) in [6, 6.07) is 12.7. The van der Waals surface area contributed by atoms with Crippen LogP contribution in [0, 0.1) is 0 Å². The first kappa shape index (κ1) is 24.4. The van der Waals surface area contributed by atoms with Gasteiger partial charge in [0.2, 0.25) is 5.88 Å². The van der Waals surface area contributed by atoms with Crippen LogP contribution >= 0.6 is 11.6 Å². The molecule has 35 heavy (non-hydrogen) atoms. The van der Waals surface area contributed by atoms with E-state index in [1.807, 2.05) is 0 Å². The number of pyridine rings is 2. The van der Waals surface area contributed by atoms with Gasteiger partial charge in [0.25, 0.3) is 5.91 Å². The van der Waals surface area contributed by atoms with Gasteiger partial charge in [-0.3, -0.25) is 4.79 Å². The fraction of sp³-hybridized carbons (Fsp3) is 0.0870. The van der Waals surface area contributed by atoms with Crippen molar-refractivity contribution in [3.05, 3.63) is 83.3 Å². The Morgan fingerprint density at radius 2 is 1.71 bits per heavy atom. The third kappa shape index (κ3) is 5.36. The number of alkyl halides is 3. The molecule has 0 atom stereocenters. The monoisotopic (exact) mass is 521 g/mol. The van der Waals surface area contributed by atoms with Gasteiger partial charge in [-0.25, -0.2) is 18.4 Å². The molecule has 0 radical (unpaired) electrons. The SMILES string of the molecule is CS(=O)(=O)c1cccc(NC(=O)c2cc(C(F)(F)F)cnc2Oc2cnc(Cl)c3ccccc23)c1. The number of benzene rings is 2. The van der Waals surface area contributed by atoms with Crippen LogP contribution in [0.3, 0.4) is 0 Å². The molecule has 4 aromatic rings. The van der Waals surface area contributed by atoms with Gasteiger partial charge < -0.3 is 10.1 Å². The molecule has 1 amide bonds. The summed E-state index contributed by atoms with van der Waals surface area (Å²) in [6.07, 6.45) is -1.98. The summed E-state index contributed by atoms with van der Waals surface area (Å²) in [5.74, 6) is -1.29. The molecule has 2 aromatic heterocycles. The van der Waals surface area contributed by atoms with E-state index in [2.05, 4.69) is 15.3 Å². The van der Waals surface area contributed by atoms with Crippen molar-refractivity contribution in [3.8, 4) is 11.6 Å². The lowest BCUT2D eigenvalue weighted by Crippen LogP contribution is -2.16. The van der Waals surface area contributed by atoms with Crippen LogP contribution in [0.2, 0.25) is 5.15 Å². The van der Waals surface area contributed by atoms with E-state index in [0.29, 0.717) is 23.0 Å². The summed E-state index contributed by atoms with van der Waals surface area (Å²) in [4.78, 5) is 20.7. The molecule has 0 bridgehead atoms. The summed E-state index contributed by atoms with van der Waals surface area (Å²) in [5, 5.41) is 3.62. The predicted molar refractivity (Wildman–Crippen MR) is 124 cm³/mol. The van der Waals surface area contributed by atoms with E-state index in [9.17, 15) is 26.4 Å². The number of aromatic nitrogens is 2. The quantitative estimate of drug-likeness (QED) is 0.336. The van der Waals surface area contributed by atoms with Crippen LogP contribution in [-0.4, -0.2) is 30.5 Å². The Hall–Kier alpha value is -3.70. The van der Waals surface area contributed by atoms with E-state index < -0.39 is 38.9 Å². The first-order valence-electron chi connectivity index (χ1n) is 9.83. The van der Waals surface area contributed by atoms with Gasteiger partial charge in [0.15, 0.2) is 15.6 Å². The molecule has 0 fully saturated rings. The van der Waals surface area contributed by atoms with Crippen molar-refractivity contribution in [1.82, 2.24) is 9.97 Å². The number of anilines is 1. The van der Waals surface area contributed by atoms with E-state index in [0.717, 1.165) is 6.26 Å². The maximum Gasteiger partial charge on any atom is 0.417 e. The van der Waals surface area contributed by atoms with Crippen LogP contribution in [0.15, 0.2) is 71.9 Å². The highest BCUT2D eigenvalue weighted by molar-refractivity contribution is 7.90. The van der Waals surface area contributed by atoms with Crippen molar-refractivity contribution in [2.75, 3.05) is 11.6 Å². The largest absolute Gasteiger partial charge is 0.436 e. The minimum absolute atomic E-state index is 0.0555. The molecular formula is C23H15ClF3N3O4S. The smallest absolute Gasteiger partial charge is 0.417 e. The first-order valence-corrected chi connectivity index (χ1v) is 12.1. The van der Waals surface area contributed by atoms with Crippen LogP contribution in [0.4, 0.5) is 18.9 Å². The van der Waals surface area contributed by atoms with Crippen LogP contribution in [0.1, 0.15) is 15.9 Å². The Morgan fingerprint density at radius 3 is 2.40 bits per heavy atom. The number of nitrogens with one attached hydrogen (secondary N) is 1. The zero-order valence-electron chi connectivity index (χ0n) is 17.8. The van der Waals surface area contributed by atoms with Crippen molar-refractivity contribution in [2.45, 2.75) is 11.1 Å². The number of carbonyl (C=O) groups excluding carboxylic acids is 1. The third-order valence-corrected chi connectivity index (χ3v) is 6.27. The number of carbonyl (C=O) groups is 1. The van der Waals surface area contributed by atoms with Gasteiger partial charge in [0.1, 0.15) is 10.7 Å². The maximum atomic E-state index is 13.3. The molecule has 4 rings (SSSR count). The van der Waals surface area contributed by atoms with E-state index in [-0.39, 0.29) is 21.5 Å². The molecular weight excluding hydrogens is 507 g/mol. The topological polar surface area (TPSA) is 98.2 Å². The molecule has 0 aliphatic heterocycles. The van der Waals surface area contributed by atoms with Gasteiger partial charge in [-0.1, -0.05) is 41.9 Å². The first-order chi connectivity index (χ1) is 16.4. The summed E-state index contributed by atoms with van der Waals surface area (Å²) in [5.41, 5.74) is -1.64. The number of rotatable bonds is 5. The van der Waals surface area contributed by atoms with Crippen LogP contribution in [0.5, 0.6) is 11.6 Å². The Morgan fingerprint density at radius 1 is 1.00 bits per heavy atom. The van der Waals surface area contributed by atoms with Crippen molar-refractivity contribution in [1.29, 1.82) is 0 Å². The predicted octanol–water partition coefficient (Wildman–Crippen LogP) is 5.75. The fourth-order valence-corrected chi connectivity index (χ4v) is 4.05. The Labute approximate surface area is 202 Å². The number of hydrogen-bond donors (Lipinski definition) is 1. The maximum absolute atomic E-state index is 13.3. The van der Waals surface area contributed by atoms with Crippen LogP contribution in [-0.2, 0) is 16.0 Å². The number of amides is 1. The lowest BCUT2D eigenvalue weighted by atomic mass is 10.1. The molecule has 0 aliphatic carbocycles. The average Bonchev–Trinajstić information content (AvgIpc) is 2.80. The van der Waals surface area contributed by atoms with Crippen molar-refractivity contribution in [2.24, 2.45) is 0 Å². The molecule has 2 aromatic carbocycles. The van der Waals surface area contributed by atoms with Crippen molar-refractivity contribution >= 4 is 43.8 Å². The zero-order valence-corrected chi connectivity index (χ0v) is 19.4. The second-order valence-electron chi connectivity index (χ2n) is 7.39. The molecule has 2 heterocycles. The standard InChI is InChI=1S/C23H15ClF3N3O4S/c1-35(32,33)15-6-4-5-14(10-15)30-21(31)18-9-13(23(25,26)27)11-29-22(18)34-19-12-28-20(24)17-8-3-2-7-16(17)19/h2-12H,1H3,(H,30,31). The fourth-order valence-electron chi connectivity index (χ4n) is 3.17. The number of nitrogens with zero attached hydrogens (tertiary/aromatic N) is 2. The normalized spacial score (nSPS) is 11.9. The second kappa shape index (κ2) is 9.16. The van der Waals surface area contributed by atoms with Gasteiger partial charge in [0.05, 0.1) is 16.7 Å². The average molecular weight is 522 g/mol. The Balaban J connectivity index is 1.76. The van der Waals surface area contributed by atoms with Crippen molar-refractivity contribution < 1.29 is 31.1 Å². The molecule has 0 saturated heterocycles. The van der Waals surface area contributed by atoms with Gasteiger partial charge >= 0.3 is 6.18 Å². The molecule has 7 nitrogen and oxygen atoms in total. The molecule has 0 spiro atoms. The minimum Gasteiger partial charge on any atom is -0.436 e. The summed E-state index contributed by atoms with van der Waals surface area (Å²) < 4.78 is 69.4. The van der Waals surface area contributed by atoms with Gasteiger partial charge in [0, 0.05) is 28.9 Å². The number of ether oxygens (including phenoxy) is 1. The number of halogens is 4. The summed E-state index contributed by atoms with van der Waals surface area (Å²) in [7, 11) is -3.58. The van der Waals surface area contributed by atoms with E-state index in [4.69, 9.17) is 16.3 Å². The highest BCUT2D eigenvalue weighted by Gasteiger charge is 2.33. The molecule has 180 valence electrons. The molecule has 12 heteroatoms. The minimum atomic E-state index is -4.77. The third-order valence-electron chi connectivity index (χ3n) is 4.86. The molecule has 0 unspecified atom stereocenters. The van der Waals surface area contributed by atoms with E-state index in [1.165, 1.54) is 30.5 Å². The summed E-state index contributed by atoms with van der Waals surface area (Å²) in [6.45, 7) is 0. The van der Waals surface area contributed by atoms with Crippen LogP contribution in [0.25, 0.3) is 10.8 Å². The van der Waals surface area contributed by atoms with Gasteiger partial charge in [-0.2, -0.15) is 13.2 Å². The van der Waals surface area contributed by atoms with E-state index in [1.54, 1.807) is 24.3 Å². The Kier molecular flexibility index (Phi) is 6.39. The van der Waals surface area contributed by atoms with Gasteiger partial charge in [-0.05, 0) is 24.3 Å². The molecule has 0 saturated carbocycles. The summed E-state index contributed by atoms with van der Waals surface area (Å²) >= 11 is 6.11. The molecule has 0 aliphatic rings. The lowest BCUT2D eigenvalue weighted by Gasteiger charge is -2.15. The number of hydrogen-bond acceptors (Lipinski definition) is 6. The second-order valence-corrected chi connectivity index (χ2v) is 9.76. The number of sulfone groups is 1. The lowest BCUT2D eigenvalue weighted by molar-refractivity contribution is -0.137. The molecule has 1 N–H and O–H groups in total. The zero-order chi connectivity index (χ0) is 25.4. The van der Waals surface area contributed by atoms with Crippen LogP contribution < -0.4 is 10.1 Å². The number of fused-ring (bicyclic) bond motifs is 1.